The van der Waals surface area contributed by atoms with E-state index in [1.54, 1.807) is 11.8 Å². The summed E-state index contributed by atoms with van der Waals surface area (Å²) in [6.07, 6.45) is 0.931. The molecule has 0 atom stereocenters. The molecule has 0 aliphatic rings. The molecule has 0 aliphatic carbocycles. The third-order valence-corrected chi connectivity index (χ3v) is 2.77. The fourth-order valence-electron chi connectivity index (χ4n) is 1.22. The predicted molar refractivity (Wildman–Crippen MR) is 56.9 cm³/mol. The van der Waals surface area contributed by atoms with Gasteiger partial charge in [0, 0.05) is 4.90 Å². The second kappa shape index (κ2) is 4.94. The summed E-state index contributed by atoms with van der Waals surface area (Å²) in [6.45, 7) is 4.19. The number of aryl methyl sites for hydroxylation is 1. The molecule has 13 heavy (non-hydrogen) atoms. The van der Waals surface area contributed by atoms with E-state index in [4.69, 9.17) is 5.26 Å². The van der Waals surface area contributed by atoms with Crippen molar-refractivity contribution in [2.24, 2.45) is 0 Å². The first-order valence-corrected chi connectivity index (χ1v) is 5.46. The van der Waals surface area contributed by atoms with Crippen LogP contribution in [0.1, 0.15) is 25.0 Å². The van der Waals surface area contributed by atoms with E-state index >= 15 is 0 Å². The van der Waals surface area contributed by atoms with Crippen LogP contribution in [0.15, 0.2) is 23.1 Å². The van der Waals surface area contributed by atoms with Gasteiger partial charge in [-0.3, -0.25) is 0 Å². The van der Waals surface area contributed by atoms with Crippen molar-refractivity contribution in [3.05, 3.63) is 29.3 Å². The Bertz CT molecular complexity index is 325. The van der Waals surface area contributed by atoms with E-state index in [0.717, 1.165) is 23.3 Å². The third kappa shape index (κ3) is 2.50. The Labute approximate surface area is 83.8 Å². The van der Waals surface area contributed by atoms with Crippen molar-refractivity contribution < 1.29 is 0 Å². The normalized spacial score (nSPS) is 9.62. The fraction of sp³-hybridized carbons (Fsp3) is 0.364. The zero-order valence-electron chi connectivity index (χ0n) is 8.00. The van der Waals surface area contributed by atoms with E-state index in [1.807, 2.05) is 6.07 Å². The number of hydrogen-bond acceptors (Lipinski definition) is 2. The molecule has 68 valence electrons. The quantitative estimate of drug-likeness (QED) is 0.685. The molecule has 0 saturated heterocycles. The highest BCUT2D eigenvalue weighted by Gasteiger charge is 2.00. The van der Waals surface area contributed by atoms with Gasteiger partial charge in [-0.1, -0.05) is 19.9 Å². The van der Waals surface area contributed by atoms with Gasteiger partial charge in [-0.2, -0.15) is 5.26 Å². The van der Waals surface area contributed by atoms with Crippen molar-refractivity contribution in [3.63, 3.8) is 0 Å². The second-order valence-corrected chi connectivity index (χ2v) is 4.05. The monoisotopic (exact) mass is 191 g/mol. The Morgan fingerprint density at radius 1 is 1.38 bits per heavy atom. The Hall–Kier alpha value is -0.940. The van der Waals surface area contributed by atoms with Crippen molar-refractivity contribution in [2.75, 3.05) is 5.75 Å². The van der Waals surface area contributed by atoms with Crippen LogP contribution in [-0.4, -0.2) is 5.75 Å². The van der Waals surface area contributed by atoms with E-state index in [2.05, 4.69) is 32.0 Å². The number of benzene rings is 1. The third-order valence-electron chi connectivity index (χ3n) is 1.89. The van der Waals surface area contributed by atoms with Gasteiger partial charge < -0.3 is 0 Å². The molecule has 0 radical (unpaired) electrons. The second-order valence-electron chi connectivity index (χ2n) is 2.72. The summed E-state index contributed by atoms with van der Waals surface area (Å²) < 4.78 is 0. The molecule has 0 aliphatic heterocycles. The van der Waals surface area contributed by atoms with E-state index in [1.165, 1.54) is 4.90 Å². The average molecular weight is 191 g/mol. The van der Waals surface area contributed by atoms with Gasteiger partial charge >= 0.3 is 0 Å². The van der Waals surface area contributed by atoms with Crippen molar-refractivity contribution in [2.45, 2.75) is 25.2 Å². The van der Waals surface area contributed by atoms with Crippen molar-refractivity contribution in [1.82, 2.24) is 0 Å². The van der Waals surface area contributed by atoms with Crippen LogP contribution in [-0.2, 0) is 6.42 Å². The molecule has 0 saturated carbocycles. The van der Waals surface area contributed by atoms with Gasteiger partial charge in [0.25, 0.3) is 0 Å². The number of thioether (sulfide) groups is 1. The Morgan fingerprint density at radius 3 is 2.69 bits per heavy atom. The van der Waals surface area contributed by atoms with Crippen molar-refractivity contribution >= 4 is 11.8 Å². The maximum absolute atomic E-state index is 8.88. The number of nitriles is 1. The van der Waals surface area contributed by atoms with Gasteiger partial charge in [0.15, 0.2) is 0 Å². The first-order chi connectivity index (χ1) is 6.31. The first-order valence-electron chi connectivity index (χ1n) is 4.47. The summed E-state index contributed by atoms with van der Waals surface area (Å²) >= 11 is 1.77. The lowest BCUT2D eigenvalue weighted by atomic mass is 10.1. The van der Waals surface area contributed by atoms with Crippen LogP contribution in [0, 0.1) is 11.3 Å². The molecular formula is C11H13NS. The lowest BCUT2D eigenvalue weighted by Crippen LogP contribution is -1.87. The highest BCUT2D eigenvalue weighted by molar-refractivity contribution is 7.99. The minimum Gasteiger partial charge on any atom is -0.192 e. The summed E-state index contributed by atoms with van der Waals surface area (Å²) in [4.78, 5) is 1.19. The molecule has 0 bridgehead atoms. The highest BCUT2D eigenvalue weighted by Crippen LogP contribution is 2.21. The standard InChI is InChI=1S/C11H13NS/c1-3-9-5-6-11(13-4-2)7-10(9)8-12/h5-7H,3-4H2,1-2H3. The lowest BCUT2D eigenvalue weighted by molar-refractivity contribution is 1.12. The zero-order chi connectivity index (χ0) is 9.68. The van der Waals surface area contributed by atoms with Crippen LogP contribution >= 0.6 is 11.8 Å². The molecule has 1 aromatic rings. The summed E-state index contributed by atoms with van der Waals surface area (Å²) in [5.41, 5.74) is 1.96. The molecule has 0 spiro atoms. The fourth-order valence-corrected chi connectivity index (χ4v) is 1.92. The Balaban J connectivity index is 3.00. The van der Waals surface area contributed by atoms with E-state index < -0.39 is 0 Å². The summed E-state index contributed by atoms with van der Waals surface area (Å²) in [5.74, 6) is 1.05. The molecule has 0 unspecified atom stereocenters. The topological polar surface area (TPSA) is 23.8 Å². The van der Waals surface area contributed by atoms with Gasteiger partial charge in [-0.25, -0.2) is 0 Å². The zero-order valence-corrected chi connectivity index (χ0v) is 8.82. The van der Waals surface area contributed by atoms with Crippen LogP contribution < -0.4 is 0 Å². The summed E-state index contributed by atoms with van der Waals surface area (Å²) in [7, 11) is 0. The van der Waals surface area contributed by atoms with Crippen LogP contribution in [0.4, 0.5) is 0 Å². The molecule has 0 amide bonds. The van der Waals surface area contributed by atoms with E-state index in [0.29, 0.717) is 0 Å². The molecule has 1 nitrogen and oxygen atoms in total. The number of hydrogen-bond donors (Lipinski definition) is 0. The SMILES string of the molecule is CCSc1ccc(CC)c(C#N)c1. The van der Waals surface area contributed by atoms with Crippen LogP contribution in [0.3, 0.4) is 0 Å². The van der Waals surface area contributed by atoms with Gasteiger partial charge in [0.1, 0.15) is 0 Å². The average Bonchev–Trinajstić information content (AvgIpc) is 2.18. The van der Waals surface area contributed by atoms with Crippen LogP contribution in [0.2, 0.25) is 0 Å². The molecule has 0 aromatic heterocycles. The molecule has 1 aromatic carbocycles. The summed E-state index contributed by atoms with van der Waals surface area (Å²) in [5, 5.41) is 8.88. The van der Waals surface area contributed by atoms with E-state index in [-0.39, 0.29) is 0 Å². The Morgan fingerprint density at radius 2 is 2.15 bits per heavy atom. The first kappa shape index (κ1) is 10.1. The smallest absolute Gasteiger partial charge is 0.0994 e. The molecule has 1 rings (SSSR count). The van der Waals surface area contributed by atoms with Gasteiger partial charge in [-0.15, -0.1) is 11.8 Å². The van der Waals surface area contributed by atoms with E-state index in [9.17, 15) is 0 Å². The predicted octanol–water partition coefficient (Wildman–Crippen LogP) is 3.23. The molecular weight excluding hydrogens is 178 g/mol. The summed E-state index contributed by atoms with van der Waals surface area (Å²) in [6, 6.07) is 8.35. The minimum atomic E-state index is 0.820. The van der Waals surface area contributed by atoms with Crippen LogP contribution in [0.5, 0.6) is 0 Å². The Kier molecular flexibility index (Phi) is 3.85. The minimum absolute atomic E-state index is 0.820. The number of rotatable bonds is 3. The van der Waals surface area contributed by atoms with Crippen molar-refractivity contribution in [1.29, 1.82) is 5.26 Å². The molecule has 0 heterocycles. The molecule has 2 heteroatoms. The number of nitrogens with zero attached hydrogens (tertiary/aromatic N) is 1. The van der Waals surface area contributed by atoms with Gasteiger partial charge in [0.05, 0.1) is 11.6 Å². The van der Waals surface area contributed by atoms with Gasteiger partial charge in [0.2, 0.25) is 0 Å². The molecule has 0 N–H and O–H groups in total. The molecule has 0 fully saturated rings. The maximum atomic E-state index is 8.88. The largest absolute Gasteiger partial charge is 0.192 e. The van der Waals surface area contributed by atoms with Gasteiger partial charge in [-0.05, 0) is 29.9 Å². The lowest BCUT2D eigenvalue weighted by Gasteiger charge is -2.03. The van der Waals surface area contributed by atoms with Crippen molar-refractivity contribution in [3.8, 4) is 6.07 Å². The van der Waals surface area contributed by atoms with Crippen LogP contribution in [0.25, 0.3) is 0 Å². The maximum Gasteiger partial charge on any atom is 0.0994 e. The highest BCUT2D eigenvalue weighted by atomic mass is 32.2.